The van der Waals surface area contributed by atoms with E-state index in [4.69, 9.17) is 10.7 Å². The Morgan fingerprint density at radius 3 is 2.56 bits per heavy atom. The van der Waals surface area contributed by atoms with E-state index in [1.807, 2.05) is 0 Å². The predicted octanol–water partition coefficient (Wildman–Crippen LogP) is 2.90. The number of nitrogens with zero attached hydrogens (tertiary/aromatic N) is 2. The molecule has 0 aliphatic carbocycles. The van der Waals surface area contributed by atoms with E-state index in [9.17, 15) is 0 Å². The second-order valence-electron chi connectivity index (χ2n) is 5.79. The zero-order valence-corrected chi connectivity index (χ0v) is 11.8. The maximum atomic E-state index is 5.79. The molecule has 0 radical (unpaired) electrons. The molecule has 2 N–H and O–H groups in total. The summed E-state index contributed by atoms with van der Waals surface area (Å²) in [6.45, 7) is 9.55. The minimum atomic E-state index is 0.457. The summed E-state index contributed by atoms with van der Waals surface area (Å²) in [5.74, 6) is 2.43. The summed E-state index contributed by atoms with van der Waals surface area (Å²) in [7, 11) is 0. The highest BCUT2D eigenvalue weighted by molar-refractivity contribution is 5.43. The molecular weight excluding hydrogens is 222 g/mol. The molecule has 0 aromatic carbocycles. The van der Waals surface area contributed by atoms with Crippen LogP contribution in [0.2, 0.25) is 0 Å². The second kappa shape index (κ2) is 5.70. The van der Waals surface area contributed by atoms with Crippen LogP contribution in [0.15, 0.2) is 12.1 Å². The molecule has 1 aromatic rings. The van der Waals surface area contributed by atoms with Crippen molar-refractivity contribution < 1.29 is 0 Å². The Hall–Kier alpha value is -1.09. The molecule has 3 nitrogen and oxygen atoms in total. The van der Waals surface area contributed by atoms with Crippen molar-refractivity contribution >= 4 is 5.82 Å². The number of aromatic nitrogens is 1. The minimum absolute atomic E-state index is 0.457. The van der Waals surface area contributed by atoms with Gasteiger partial charge in [0, 0.05) is 25.3 Å². The summed E-state index contributed by atoms with van der Waals surface area (Å²) in [5.41, 5.74) is 8.15. The van der Waals surface area contributed by atoms with Crippen LogP contribution in [0.4, 0.5) is 5.82 Å². The fourth-order valence-electron chi connectivity index (χ4n) is 2.41. The van der Waals surface area contributed by atoms with Gasteiger partial charge >= 0.3 is 0 Å². The van der Waals surface area contributed by atoms with Gasteiger partial charge in [0.1, 0.15) is 5.82 Å². The van der Waals surface area contributed by atoms with Crippen molar-refractivity contribution in [3.63, 3.8) is 0 Å². The molecule has 2 rings (SSSR count). The van der Waals surface area contributed by atoms with E-state index in [0.29, 0.717) is 12.5 Å². The van der Waals surface area contributed by atoms with Crippen molar-refractivity contribution in [3.8, 4) is 0 Å². The van der Waals surface area contributed by atoms with Crippen LogP contribution in [0.1, 0.15) is 50.8 Å². The number of nitrogens with two attached hydrogens (primary N) is 1. The summed E-state index contributed by atoms with van der Waals surface area (Å²) < 4.78 is 0. The number of hydrogen-bond acceptors (Lipinski definition) is 3. The molecule has 1 fully saturated rings. The highest BCUT2D eigenvalue weighted by atomic mass is 15.2. The van der Waals surface area contributed by atoms with E-state index in [2.05, 4.69) is 37.8 Å². The molecule has 0 saturated carbocycles. The van der Waals surface area contributed by atoms with Crippen LogP contribution in [0.3, 0.4) is 0 Å². The Morgan fingerprint density at radius 2 is 2.00 bits per heavy atom. The van der Waals surface area contributed by atoms with Crippen molar-refractivity contribution in [2.45, 2.75) is 46.1 Å². The molecule has 0 spiro atoms. The summed E-state index contributed by atoms with van der Waals surface area (Å²) in [6, 6.07) is 4.29. The zero-order valence-electron chi connectivity index (χ0n) is 11.8. The third-order valence-corrected chi connectivity index (χ3v) is 3.83. The Morgan fingerprint density at radius 1 is 1.33 bits per heavy atom. The van der Waals surface area contributed by atoms with Crippen LogP contribution in [0.25, 0.3) is 0 Å². The SMILES string of the molecule is CC1CCN(c2cc(CN)cc(C(C)C)n2)CC1. The maximum absolute atomic E-state index is 5.79. The largest absolute Gasteiger partial charge is 0.357 e. The quantitative estimate of drug-likeness (QED) is 0.893. The van der Waals surface area contributed by atoms with Crippen LogP contribution >= 0.6 is 0 Å². The molecule has 1 aliphatic heterocycles. The smallest absolute Gasteiger partial charge is 0.129 e. The van der Waals surface area contributed by atoms with Crippen LogP contribution in [0.5, 0.6) is 0 Å². The van der Waals surface area contributed by atoms with Gasteiger partial charge in [-0.2, -0.15) is 0 Å². The molecule has 0 atom stereocenters. The Labute approximate surface area is 110 Å². The molecule has 1 aromatic heterocycles. The fraction of sp³-hybridized carbons (Fsp3) is 0.667. The van der Waals surface area contributed by atoms with Crippen molar-refractivity contribution in [1.82, 2.24) is 4.98 Å². The average Bonchev–Trinajstić information content (AvgIpc) is 2.39. The van der Waals surface area contributed by atoms with Crippen LogP contribution in [-0.2, 0) is 6.54 Å². The van der Waals surface area contributed by atoms with E-state index in [-0.39, 0.29) is 0 Å². The van der Waals surface area contributed by atoms with Crippen LogP contribution in [-0.4, -0.2) is 18.1 Å². The summed E-state index contributed by atoms with van der Waals surface area (Å²) in [4.78, 5) is 7.21. The lowest BCUT2D eigenvalue weighted by Crippen LogP contribution is -2.33. The summed E-state index contributed by atoms with van der Waals surface area (Å²) >= 11 is 0. The van der Waals surface area contributed by atoms with Gasteiger partial charge in [-0.1, -0.05) is 20.8 Å². The molecule has 100 valence electrons. The predicted molar refractivity (Wildman–Crippen MR) is 76.8 cm³/mol. The van der Waals surface area contributed by atoms with Gasteiger partial charge in [0.2, 0.25) is 0 Å². The third kappa shape index (κ3) is 3.02. The van der Waals surface area contributed by atoms with Crippen molar-refractivity contribution in [1.29, 1.82) is 0 Å². The molecule has 0 unspecified atom stereocenters. The first-order valence-corrected chi connectivity index (χ1v) is 7.06. The van der Waals surface area contributed by atoms with Gasteiger partial charge in [0.15, 0.2) is 0 Å². The monoisotopic (exact) mass is 247 g/mol. The Balaban J connectivity index is 2.23. The average molecular weight is 247 g/mol. The number of rotatable bonds is 3. The van der Waals surface area contributed by atoms with Crippen LogP contribution in [0, 0.1) is 5.92 Å². The number of anilines is 1. The zero-order chi connectivity index (χ0) is 13.1. The molecule has 0 bridgehead atoms. The van der Waals surface area contributed by atoms with E-state index >= 15 is 0 Å². The van der Waals surface area contributed by atoms with E-state index in [0.717, 1.165) is 30.5 Å². The first-order chi connectivity index (χ1) is 8.60. The van der Waals surface area contributed by atoms with Crippen molar-refractivity contribution in [2.75, 3.05) is 18.0 Å². The molecular formula is C15H25N3. The van der Waals surface area contributed by atoms with Gasteiger partial charge in [-0.3, -0.25) is 0 Å². The molecule has 3 heteroatoms. The molecule has 18 heavy (non-hydrogen) atoms. The van der Waals surface area contributed by atoms with Gasteiger partial charge in [0.25, 0.3) is 0 Å². The third-order valence-electron chi connectivity index (χ3n) is 3.83. The van der Waals surface area contributed by atoms with Crippen LogP contribution < -0.4 is 10.6 Å². The van der Waals surface area contributed by atoms with Crippen molar-refractivity contribution in [3.05, 3.63) is 23.4 Å². The van der Waals surface area contributed by atoms with Gasteiger partial charge in [0.05, 0.1) is 0 Å². The highest BCUT2D eigenvalue weighted by Crippen LogP contribution is 2.24. The summed E-state index contributed by atoms with van der Waals surface area (Å²) in [5, 5.41) is 0. The van der Waals surface area contributed by atoms with Gasteiger partial charge in [-0.05, 0) is 42.4 Å². The Bertz CT molecular complexity index is 393. The maximum Gasteiger partial charge on any atom is 0.129 e. The lowest BCUT2D eigenvalue weighted by atomic mass is 9.99. The number of pyridine rings is 1. The van der Waals surface area contributed by atoms with Gasteiger partial charge in [-0.15, -0.1) is 0 Å². The Kier molecular flexibility index (Phi) is 4.23. The lowest BCUT2D eigenvalue weighted by Gasteiger charge is -2.32. The molecule has 1 saturated heterocycles. The van der Waals surface area contributed by atoms with Gasteiger partial charge < -0.3 is 10.6 Å². The lowest BCUT2D eigenvalue weighted by molar-refractivity contribution is 0.436. The second-order valence-corrected chi connectivity index (χ2v) is 5.79. The van der Waals surface area contributed by atoms with E-state index in [1.165, 1.54) is 18.4 Å². The molecule has 0 amide bonds. The number of piperidine rings is 1. The standard InChI is InChI=1S/C15H25N3/c1-11(2)14-8-13(10-16)9-15(17-14)18-6-4-12(3)5-7-18/h8-9,11-12H,4-7,10,16H2,1-3H3. The van der Waals surface area contributed by atoms with Gasteiger partial charge in [-0.25, -0.2) is 4.98 Å². The first kappa shape index (κ1) is 13.3. The van der Waals surface area contributed by atoms with E-state index in [1.54, 1.807) is 0 Å². The van der Waals surface area contributed by atoms with E-state index < -0.39 is 0 Å². The highest BCUT2D eigenvalue weighted by Gasteiger charge is 2.18. The molecule has 1 aliphatic rings. The normalized spacial score (nSPS) is 17.5. The topological polar surface area (TPSA) is 42.1 Å². The fourth-order valence-corrected chi connectivity index (χ4v) is 2.41. The summed E-state index contributed by atoms with van der Waals surface area (Å²) in [6.07, 6.45) is 2.54. The molecule has 2 heterocycles. The first-order valence-electron chi connectivity index (χ1n) is 7.06. The van der Waals surface area contributed by atoms with Crippen molar-refractivity contribution in [2.24, 2.45) is 11.7 Å². The number of hydrogen-bond donors (Lipinski definition) is 1. The minimum Gasteiger partial charge on any atom is -0.357 e.